The highest BCUT2D eigenvalue weighted by Crippen LogP contribution is 2.22. The van der Waals surface area contributed by atoms with E-state index in [0.29, 0.717) is 11.4 Å². The predicted octanol–water partition coefficient (Wildman–Crippen LogP) is 3.63. The van der Waals surface area contributed by atoms with Gasteiger partial charge in [-0.1, -0.05) is 18.2 Å². The fourth-order valence-corrected chi connectivity index (χ4v) is 3.16. The highest BCUT2D eigenvalue weighted by molar-refractivity contribution is 6.05. The molecule has 0 spiro atoms. The molecule has 130 valence electrons. The molecule has 2 heterocycles. The van der Waals surface area contributed by atoms with Gasteiger partial charge in [0.25, 0.3) is 5.91 Å². The molecule has 0 aliphatic heterocycles. The van der Waals surface area contributed by atoms with Crippen molar-refractivity contribution in [2.45, 2.75) is 13.8 Å². The standard InChI is InChI=1S/C20H19N5O/c1-13-11-19(24(3)23-13)22-20(26)15-9-10-18-17(12-15)21-14(2)25(18)16-7-5-4-6-8-16/h4-12H,1-3H3,(H,22,26). The van der Waals surface area contributed by atoms with E-state index >= 15 is 0 Å². The molecule has 0 radical (unpaired) electrons. The lowest BCUT2D eigenvalue weighted by Gasteiger charge is -2.07. The van der Waals surface area contributed by atoms with Gasteiger partial charge in [0, 0.05) is 24.4 Å². The van der Waals surface area contributed by atoms with Crippen LogP contribution in [-0.2, 0) is 7.05 Å². The van der Waals surface area contributed by atoms with E-state index in [0.717, 1.165) is 28.2 Å². The lowest BCUT2D eigenvalue weighted by molar-refractivity contribution is 0.102. The van der Waals surface area contributed by atoms with Crippen molar-refractivity contribution < 1.29 is 4.79 Å². The van der Waals surface area contributed by atoms with E-state index in [1.165, 1.54) is 0 Å². The van der Waals surface area contributed by atoms with Crippen LogP contribution >= 0.6 is 0 Å². The molecule has 6 nitrogen and oxygen atoms in total. The Morgan fingerprint density at radius 3 is 2.50 bits per heavy atom. The average Bonchev–Trinajstić information content (AvgIpc) is 3.12. The van der Waals surface area contributed by atoms with Crippen LogP contribution in [0.15, 0.2) is 54.6 Å². The van der Waals surface area contributed by atoms with E-state index in [-0.39, 0.29) is 5.91 Å². The number of amides is 1. The third-order valence-electron chi connectivity index (χ3n) is 4.34. The summed E-state index contributed by atoms with van der Waals surface area (Å²) < 4.78 is 3.74. The van der Waals surface area contributed by atoms with Gasteiger partial charge in [-0.25, -0.2) is 4.98 Å². The minimum Gasteiger partial charge on any atom is -0.307 e. The number of hydrogen-bond acceptors (Lipinski definition) is 3. The largest absolute Gasteiger partial charge is 0.307 e. The molecule has 6 heteroatoms. The fourth-order valence-electron chi connectivity index (χ4n) is 3.16. The highest BCUT2D eigenvalue weighted by atomic mass is 16.1. The number of hydrogen-bond donors (Lipinski definition) is 1. The van der Waals surface area contributed by atoms with Gasteiger partial charge in [0.1, 0.15) is 11.6 Å². The van der Waals surface area contributed by atoms with Crippen molar-refractivity contribution in [2.24, 2.45) is 7.05 Å². The van der Waals surface area contributed by atoms with Crippen LogP contribution in [-0.4, -0.2) is 25.2 Å². The molecule has 1 amide bonds. The summed E-state index contributed by atoms with van der Waals surface area (Å²) in [6, 6.07) is 17.5. The third-order valence-corrected chi connectivity index (χ3v) is 4.34. The monoisotopic (exact) mass is 345 g/mol. The number of rotatable bonds is 3. The molecule has 1 N–H and O–H groups in total. The first-order chi connectivity index (χ1) is 12.5. The molecule has 4 aromatic rings. The van der Waals surface area contributed by atoms with Gasteiger partial charge in [-0.15, -0.1) is 0 Å². The maximum atomic E-state index is 12.6. The van der Waals surface area contributed by atoms with Crippen molar-refractivity contribution in [1.29, 1.82) is 0 Å². The zero-order valence-electron chi connectivity index (χ0n) is 14.9. The first-order valence-electron chi connectivity index (χ1n) is 8.39. The smallest absolute Gasteiger partial charge is 0.256 e. The first kappa shape index (κ1) is 16.1. The second-order valence-electron chi connectivity index (χ2n) is 6.28. The number of nitrogens with one attached hydrogen (secondary N) is 1. The van der Waals surface area contributed by atoms with E-state index in [4.69, 9.17) is 0 Å². The van der Waals surface area contributed by atoms with E-state index in [9.17, 15) is 4.79 Å². The lowest BCUT2D eigenvalue weighted by atomic mass is 10.2. The van der Waals surface area contributed by atoms with Crippen LogP contribution in [0, 0.1) is 13.8 Å². The van der Waals surface area contributed by atoms with Crippen LogP contribution in [0.2, 0.25) is 0 Å². The van der Waals surface area contributed by atoms with Crippen LogP contribution in [0.25, 0.3) is 16.7 Å². The molecule has 0 saturated heterocycles. The number of carbonyl (C=O) groups is 1. The van der Waals surface area contributed by atoms with E-state index in [1.54, 1.807) is 11.7 Å². The summed E-state index contributed by atoms with van der Waals surface area (Å²) in [5.74, 6) is 1.37. The molecule has 0 aliphatic carbocycles. The summed E-state index contributed by atoms with van der Waals surface area (Å²) in [4.78, 5) is 17.2. The highest BCUT2D eigenvalue weighted by Gasteiger charge is 2.14. The fraction of sp³-hybridized carbons (Fsp3) is 0.150. The molecule has 4 rings (SSSR count). The van der Waals surface area contributed by atoms with Gasteiger partial charge in [0.15, 0.2) is 0 Å². The van der Waals surface area contributed by atoms with Crippen LogP contribution in [0.5, 0.6) is 0 Å². The number of carbonyl (C=O) groups excluding carboxylic acids is 1. The zero-order valence-corrected chi connectivity index (χ0v) is 14.9. The summed E-state index contributed by atoms with van der Waals surface area (Å²) in [6.07, 6.45) is 0. The van der Waals surface area contributed by atoms with Crippen LogP contribution in [0.1, 0.15) is 21.9 Å². The van der Waals surface area contributed by atoms with Crippen LogP contribution < -0.4 is 5.32 Å². The Kier molecular flexibility index (Phi) is 3.80. The Morgan fingerprint density at radius 1 is 1.04 bits per heavy atom. The van der Waals surface area contributed by atoms with Crippen LogP contribution in [0.3, 0.4) is 0 Å². The Bertz CT molecular complexity index is 1110. The third kappa shape index (κ3) is 2.75. The Hall–Kier alpha value is -3.41. The number of anilines is 1. The van der Waals surface area contributed by atoms with Crippen molar-refractivity contribution in [3.8, 4) is 5.69 Å². The second-order valence-corrected chi connectivity index (χ2v) is 6.28. The number of aromatic nitrogens is 4. The summed E-state index contributed by atoms with van der Waals surface area (Å²) >= 11 is 0. The van der Waals surface area contributed by atoms with E-state index in [2.05, 4.69) is 20.0 Å². The van der Waals surface area contributed by atoms with Gasteiger partial charge < -0.3 is 5.32 Å². The molecule has 0 aliphatic rings. The number of benzene rings is 2. The maximum absolute atomic E-state index is 12.6. The van der Waals surface area contributed by atoms with Gasteiger partial charge in [0.2, 0.25) is 0 Å². The molecule has 0 saturated carbocycles. The van der Waals surface area contributed by atoms with Crippen molar-refractivity contribution >= 4 is 22.8 Å². The number of fused-ring (bicyclic) bond motifs is 1. The van der Waals surface area contributed by atoms with Crippen molar-refractivity contribution in [1.82, 2.24) is 19.3 Å². The Morgan fingerprint density at radius 2 is 1.81 bits per heavy atom. The van der Waals surface area contributed by atoms with Gasteiger partial charge in [-0.05, 0) is 44.2 Å². The summed E-state index contributed by atoms with van der Waals surface area (Å²) in [7, 11) is 1.80. The Balaban J connectivity index is 1.70. The summed E-state index contributed by atoms with van der Waals surface area (Å²) in [6.45, 7) is 3.85. The van der Waals surface area contributed by atoms with Crippen LogP contribution in [0.4, 0.5) is 5.82 Å². The van der Waals surface area contributed by atoms with Gasteiger partial charge in [-0.2, -0.15) is 5.10 Å². The van der Waals surface area contributed by atoms with Crippen molar-refractivity contribution in [2.75, 3.05) is 5.32 Å². The topological polar surface area (TPSA) is 64.7 Å². The maximum Gasteiger partial charge on any atom is 0.256 e. The second kappa shape index (κ2) is 6.15. The molecule has 0 unspecified atom stereocenters. The number of nitrogens with zero attached hydrogens (tertiary/aromatic N) is 4. The number of para-hydroxylation sites is 1. The van der Waals surface area contributed by atoms with Crippen molar-refractivity contribution in [3.05, 3.63) is 71.7 Å². The summed E-state index contributed by atoms with van der Waals surface area (Å²) in [5.41, 5.74) is 4.24. The number of aryl methyl sites for hydroxylation is 3. The molecule has 0 fully saturated rings. The quantitative estimate of drug-likeness (QED) is 0.617. The normalized spacial score (nSPS) is 11.0. The number of imidazole rings is 1. The molecule has 26 heavy (non-hydrogen) atoms. The predicted molar refractivity (Wildman–Crippen MR) is 102 cm³/mol. The molecular formula is C20H19N5O. The average molecular weight is 345 g/mol. The molecule has 2 aromatic heterocycles. The van der Waals surface area contributed by atoms with Gasteiger partial charge in [-0.3, -0.25) is 14.0 Å². The first-order valence-corrected chi connectivity index (χ1v) is 8.39. The van der Waals surface area contributed by atoms with E-state index < -0.39 is 0 Å². The molecule has 0 bridgehead atoms. The minimum absolute atomic E-state index is 0.179. The zero-order chi connectivity index (χ0) is 18.3. The van der Waals surface area contributed by atoms with Gasteiger partial charge >= 0.3 is 0 Å². The van der Waals surface area contributed by atoms with E-state index in [1.807, 2.05) is 68.4 Å². The minimum atomic E-state index is -0.179. The summed E-state index contributed by atoms with van der Waals surface area (Å²) in [5, 5.41) is 7.13. The lowest BCUT2D eigenvalue weighted by Crippen LogP contribution is -2.14. The van der Waals surface area contributed by atoms with Gasteiger partial charge in [0.05, 0.1) is 16.7 Å². The molecule has 0 atom stereocenters. The SMILES string of the molecule is Cc1cc(NC(=O)c2ccc3c(c2)nc(C)n3-c2ccccc2)n(C)n1. The molecule has 2 aromatic carbocycles. The molecular weight excluding hydrogens is 326 g/mol. The Labute approximate surface area is 151 Å². The van der Waals surface area contributed by atoms with Crippen molar-refractivity contribution in [3.63, 3.8) is 0 Å².